The van der Waals surface area contributed by atoms with E-state index in [9.17, 15) is 0 Å². The first kappa shape index (κ1) is 6.09. The smallest absolute Gasteiger partial charge is 0.0160 e. The fourth-order valence-electron chi connectivity index (χ4n) is 1.88. The summed E-state index contributed by atoms with van der Waals surface area (Å²) in [7, 11) is 0. The molecule has 1 heterocycles. The van der Waals surface area contributed by atoms with Crippen LogP contribution in [0, 0.1) is 0 Å². The Kier molecular flexibility index (Phi) is 1.48. The van der Waals surface area contributed by atoms with Gasteiger partial charge < -0.3 is 0 Å². The van der Waals surface area contributed by atoms with E-state index < -0.39 is 0 Å². The summed E-state index contributed by atoms with van der Waals surface area (Å²) in [4.78, 5) is 0. The van der Waals surface area contributed by atoms with E-state index in [0.717, 1.165) is 4.75 Å². The molecular formula is C8H14S. The molecule has 0 unspecified atom stereocenters. The zero-order chi connectivity index (χ0) is 6.16. The van der Waals surface area contributed by atoms with Crippen LogP contribution in [0.1, 0.15) is 38.5 Å². The fourth-order valence-corrected chi connectivity index (χ4v) is 3.52. The SMILES string of the molecule is C1CCC2(CCC2)SC1. The normalized spacial score (nSPS) is 32.0. The van der Waals surface area contributed by atoms with Gasteiger partial charge in [-0.1, -0.05) is 12.8 Å². The standard InChI is InChI=1S/C8H14S/c1-2-7-9-8(4-1)5-3-6-8/h1-7H2. The molecule has 2 fully saturated rings. The van der Waals surface area contributed by atoms with E-state index in [-0.39, 0.29) is 0 Å². The van der Waals surface area contributed by atoms with Crippen molar-refractivity contribution in [3.63, 3.8) is 0 Å². The molecule has 1 spiro atoms. The maximum Gasteiger partial charge on any atom is 0.0160 e. The Morgan fingerprint density at radius 1 is 0.889 bits per heavy atom. The molecule has 0 nitrogen and oxygen atoms in total. The fraction of sp³-hybridized carbons (Fsp3) is 1.00. The molecule has 0 aromatic carbocycles. The molecule has 1 saturated heterocycles. The predicted octanol–water partition coefficient (Wildman–Crippen LogP) is 2.83. The Balaban J connectivity index is 1.93. The van der Waals surface area contributed by atoms with Gasteiger partial charge in [-0.2, -0.15) is 11.8 Å². The first-order valence-corrected chi connectivity index (χ1v) is 5.04. The van der Waals surface area contributed by atoms with Crippen molar-refractivity contribution < 1.29 is 0 Å². The number of thioether (sulfide) groups is 1. The largest absolute Gasteiger partial charge is 0.155 e. The number of hydrogen-bond acceptors (Lipinski definition) is 1. The predicted molar refractivity (Wildman–Crippen MR) is 42.9 cm³/mol. The molecule has 0 bridgehead atoms. The van der Waals surface area contributed by atoms with Gasteiger partial charge in [0.2, 0.25) is 0 Å². The third kappa shape index (κ3) is 1.000. The van der Waals surface area contributed by atoms with E-state index >= 15 is 0 Å². The van der Waals surface area contributed by atoms with E-state index in [0.29, 0.717) is 0 Å². The summed E-state index contributed by atoms with van der Waals surface area (Å²) in [6.07, 6.45) is 9.07. The van der Waals surface area contributed by atoms with Gasteiger partial charge in [0.1, 0.15) is 0 Å². The molecule has 0 atom stereocenters. The van der Waals surface area contributed by atoms with Crippen LogP contribution in [0.25, 0.3) is 0 Å². The summed E-state index contributed by atoms with van der Waals surface area (Å²) in [5, 5.41) is 0. The van der Waals surface area contributed by atoms with Gasteiger partial charge >= 0.3 is 0 Å². The summed E-state index contributed by atoms with van der Waals surface area (Å²) >= 11 is 2.25. The highest BCUT2D eigenvalue weighted by Gasteiger charge is 2.38. The van der Waals surface area contributed by atoms with Gasteiger partial charge in [-0.05, 0) is 31.4 Å². The van der Waals surface area contributed by atoms with Crippen molar-refractivity contribution >= 4 is 11.8 Å². The Morgan fingerprint density at radius 3 is 2.00 bits per heavy atom. The topological polar surface area (TPSA) is 0 Å². The highest BCUT2D eigenvalue weighted by molar-refractivity contribution is 8.00. The van der Waals surface area contributed by atoms with Crippen LogP contribution in [-0.2, 0) is 0 Å². The van der Waals surface area contributed by atoms with Crippen LogP contribution in [0.2, 0.25) is 0 Å². The number of rotatable bonds is 0. The maximum absolute atomic E-state index is 2.25. The van der Waals surface area contributed by atoms with E-state index in [4.69, 9.17) is 0 Å². The Labute approximate surface area is 61.4 Å². The first-order valence-electron chi connectivity index (χ1n) is 4.05. The lowest BCUT2D eigenvalue weighted by Crippen LogP contribution is -2.35. The van der Waals surface area contributed by atoms with Gasteiger partial charge in [0.25, 0.3) is 0 Å². The summed E-state index contributed by atoms with van der Waals surface area (Å²) in [5.74, 6) is 1.44. The maximum atomic E-state index is 2.25. The third-order valence-electron chi connectivity index (χ3n) is 2.70. The molecule has 9 heavy (non-hydrogen) atoms. The second-order valence-corrected chi connectivity index (χ2v) is 4.91. The minimum atomic E-state index is 0.818. The molecule has 52 valence electrons. The minimum absolute atomic E-state index is 0.818. The van der Waals surface area contributed by atoms with Crippen molar-refractivity contribution in [2.45, 2.75) is 43.3 Å². The average molecular weight is 142 g/mol. The van der Waals surface area contributed by atoms with Crippen LogP contribution in [0.15, 0.2) is 0 Å². The van der Waals surface area contributed by atoms with Crippen LogP contribution < -0.4 is 0 Å². The van der Waals surface area contributed by atoms with Gasteiger partial charge in [-0.15, -0.1) is 0 Å². The lowest BCUT2D eigenvalue weighted by atomic mass is 9.80. The van der Waals surface area contributed by atoms with Crippen LogP contribution in [0.5, 0.6) is 0 Å². The summed E-state index contributed by atoms with van der Waals surface area (Å²) < 4.78 is 0.818. The van der Waals surface area contributed by atoms with Crippen molar-refractivity contribution in [2.75, 3.05) is 5.75 Å². The van der Waals surface area contributed by atoms with Crippen LogP contribution in [0.3, 0.4) is 0 Å². The van der Waals surface area contributed by atoms with E-state index in [1.807, 2.05) is 0 Å². The van der Waals surface area contributed by atoms with Crippen molar-refractivity contribution in [1.82, 2.24) is 0 Å². The van der Waals surface area contributed by atoms with E-state index in [1.54, 1.807) is 0 Å². The molecule has 0 aromatic heterocycles. The molecule has 0 amide bonds. The van der Waals surface area contributed by atoms with Crippen molar-refractivity contribution in [1.29, 1.82) is 0 Å². The molecule has 2 rings (SSSR count). The molecule has 1 saturated carbocycles. The molecule has 1 heteroatoms. The van der Waals surface area contributed by atoms with E-state index in [1.165, 1.54) is 44.3 Å². The van der Waals surface area contributed by atoms with Crippen molar-refractivity contribution in [2.24, 2.45) is 0 Å². The van der Waals surface area contributed by atoms with Gasteiger partial charge in [0, 0.05) is 4.75 Å². The zero-order valence-corrected chi connectivity index (χ0v) is 6.67. The second kappa shape index (κ2) is 2.19. The highest BCUT2D eigenvalue weighted by Crippen LogP contribution is 2.50. The monoisotopic (exact) mass is 142 g/mol. The summed E-state index contributed by atoms with van der Waals surface area (Å²) in [6, 6.07) is 0. The number of hydrogen-bond donors (Lipinski definition) is 0. The molecule has 1 aliphatic carbocycles. The van der Waals surface area contributed by atoms with Gasteiger partial charge in [-0.25, -0.2) is 0 Å². The summed E-state index contributed by atoms with van der Waals surface area (Å²) in [6.45, 7) is 0. The molecule has 0 aromatic rings. The second-order valence-electron chi connectivity index (χ2n) is 3.34. The lowest BCUT2D eigenvalue weighted by Gasteiger charge is -2.44. The van der Waals surface area contributed by atoms with Crippen molar-refractivity contribution in [3.8, 4) is 0 Å². The van der Waals surface area contributed by atoms with E-state index in [2.05, 4.69) is 11.8 Å². The van der Waals surface area contributed by atoms with Gasteiger partial charge in [0.05, 0.1) is 0 Å². The highest BCUT2D eigenvalue weighted by atomic mass is 32.2. The quantitative estimate of drug-likeness (QED) is 0.501. The lowest BCUT2D eigenvalue weighted by molar-refractivity contribution is 0.326. The van der Waals surface area contributed by atoms with Crippen LogP contribution in [-0.4, -0.2) is 10.5 Å². The first-order chi connectivity index (χ1) is 4.41. The minimum Gasteiger partial charge on any atom is -0.155 e. The van der Waals surface area contributed by atoms with Gasteiger partial charge in [-0.3, -0.25) is 0 Å². The van der Waals surface area contributed by atoms with Crippen LogP contribution in [0.4, 0.5) is 0 Å². The Morgan fingerprint density at radius 2 is 1.67 bits per heavy atom. The van der Waals surface area contributed by atoms with Gasteiger partial charge in [0.15, 0.2) is 0 Å². The molecule has 0 N–H and O–H groups in total. The molecule has 2 aliphatic rings. The zero-order valence-electron chi connectivity index (χ0n) is 5.86. The Hall–Kier alpha value is 0.350. The molecule has 1 aliphatic heterocycles. The summed E-state index contributed by atoms with van der Waals surface area (Å²) in [5.41, 5.74) is 0. The average Bonchev–Trinajstić information content (AvgIpc) is 1.87. The van der Waals surface area contributed by atoms with Crippen molar-refractivity contribution in [3.05, 3.63) is 0 Å². The molecular weight excluding hydrogens is 128 g/mol. The van der Waals surface area contributed by atoms with Crippen LogP contribution >= 0.6 is 11.8 Å². The molecule has 0 radical (unpaired) electrons. The Bertz CT molecular complexity index is 97.1. The third-order valence-corrected chi connectivity index (χ3v) is 4.42.